The summed E-state index contributed by atoms with van der Waals surface area (Å²) in [6.07, 6.45) is 0. The van der Waals surface area contributed by atoms with Crippen molar-refractivity contribution in [3.05, 3.63) is 120 Å². The number of rotatable bonds is 2. The zero-order chi connectivity index (χ0) is 36.2. The highest BCUT2D eigenvalue weighted by Crippen LogP contribution is 2.46. The van der Waals surface area contributed by atoms with Crippen LogP contribution in [0.25, 0.3) is 11.1 Å². The van der Waals surface area contributed by atoms with Gasteiger partial charge in [0, 0.05) is 16.9 Å². The van der Waals surface area contributed by atoms with E-state index in [1.165, 1.54) is 11.1 Å². The fourth-order valence-electron chi connectivity index (χ4n) is 6.66. The molecule has 0 bridgehead atoms. The van der Waals surface area contributed by atoms with Crippen molar-refractivity contribution in [2.75, 3.05) is 4.90 Å². The molecular formula is C42H44BNO. The quantitative estimate of drug-likeness (QED) is 0.185. The largest absolute Gasteiger partial charge is 0.458 e. The molecule has 0 unspecified atom stereocenters. The Bertz CT molecular complexity index is 2200. The van der Waals surface area contributed by atoms with Crippen LogP contribution in [0.1, 0.15) is 85.9 Å². The van der Waals surface area contributed by atoms with Gasteiger partial charge in [-0.3, -0.25) is 0 Å². The Balaban J connectivity index is 1.59. The number of hydrogen-bond donors (Lipinski definition) is 0. The lowest BCUT2D eigenvalue weighted by Gasteiger charge is -2.41. The molecule has 0 amide bonds. The highest BCUT2D eigenvalue weighted by molar-refractivity contribution is 6.99. The van der Waals surface area contributed by atoms with Gasteiger partial charge in [-0.05, 0) is 91.3 Å². The summed E-state index contributed by atoms with van der Waals surface area (Å²) in [5.41, 5.74) is 9.79. The van der Waals surface area contributed by atoms with Gasteiger partial charge in [0.15, 0.2) is 0 Å². The molecule has 2 nitrogen and oxygen atoms in total. The fraction of sp³-hybridized carbons (Fsp3) is 0.286. The van der Waals surface area contributed by atoms with Crippen molar-refractivity contribution in [2.24, 2.45) is 0 Å². The maximum absolute atomic E-state index is 9.04. The molecule has 0 N–H and O–H groups in total. The molecule has 226 valence electrons. The maximum atomic E-state index is 9.04. The van der Waals surface area contributed by atoms with E-state index in [9.17, 15) is 0 Å². The lowest BCUT2D eigenvalue weighted by atomic mass is 9.34. The second kappa shape index (κ2) is 10.1. The summed E-state index contributed by atoms with van der Waals surface area (Å²) in [5, 5.41) is 0. The number of fused-ring (bicyclic) bond motifs is 4. The first-order chi connectivity index (χ1) is 23.3. The SMILES string of the molecule is [2H]c1c([2H])c([2H])c(-c2cc(C(C)(C)C)ccc2N2c3ccc(C(C)(C)C)cc3B3c4cc(C(C)(C)C)ccc4Oc4cccc2c43)c([2H])c1[2H]. The van der Waals surface area contributed by atoms with Crippen molar-refractivity contribution in [3.8, 4) is 22.6 Å². The minimum Gasteiger partial charge on any atom is -0.458 e. The lowest BCUT2D eigenvalue weighted by Crippen LogP contribution is -2.59. The summed E-state index contributed by atoms with van der Waals surface area (Å²) in [4.78, 5) is 2.21. The van der Waals surface area contributed by atoms with Gasteiger partial charge in [0.1, 0.15) is 11.5 Å². The van der Waals surface area contributed by atoms with E-state index in [0.29, 0.717) is 5.56 Å². The van der Waals surface area contributed by atoms with Gasteiger partial charge in [0.25, 0.3) is 6.71 Å². The fourth-order valence-corrected chi connectivity index (χ4v) is 6.66. The van der Waals surface area contributed by atoms with Gasteiger partial charge in [-0.1, -0.05) is 129 Å². The molecule has 0 aromatic heterocycles. The molecule has 3 heteroatoms. The van der Waals surface area contributed by atoms with Crippen LogP contribution in [0, 0.1) is 0 Å². The average Bonchev–Trinajstić information content (AvgIpc) is 3.05. The predicted octanol–water partition coefficient (Wildman–Crippen LogP) is 9.65. The molecule has 0 radical (unpaired) electrons. The van der Waals surface area contributed by atoms with Crippen LogP contribution in [0.3, 0.4) is 0 Å². The van der Waals surface area contributed by atoms with Crippen LogP contribution >= 0.6 is 0 Å². The van der Waals surface area contributed by atoms with Gasteiger partial charge in [-0.2, -0.15) is 0 Å². The monoisotopic (exact) mass is 594 g/mol. The molecule has 7 rings (SSSR count). The molecular weight excluding hydrogens is 545 g/mol. The Morgan fingerprint density at radius 2 is 1.16 bits per heavy atom. The van der Waals surface area contributed by atoms with Crippen molar-refractivity contribution in [1.29, 1.82) is 0 Å². The standard InChI is InChI=1S/C42H44BNO/c1-40(2,3)28-18-21-34(31(24-28)27-14-11-10-12-15-27)44-35-22-19-29(41(4,5)6)25-32(35)43-33-26-30(42(7,8)9)20-23-37(33)45-38-17-13-16-36(44)39(38)43/h10-26H,1-9H3/i10D,11D,12D,14D,15D. The van der Waals surface area contributed by atoms with Crippen LogP contribution in [0.15, 0.2) is 103 Å². The first-order valence-corrected chi connectivity index (χ1v) is 15.9. The lowest BCUT2D eigenvalue weighted by molar-refractivity contribution is 0.486. The smallest absolute Gasteiger partial charge is 0.256 e. The Morgan fingerprint density at radius 3 is 1.80 bits per heavy atom. The van der Waals surface area contributed by atoms with E-state index in [0.717, 1.165) is 50.5 Å². The molecule has 2 aliphatic heterocycles. The minimum absolute atomic E-state index is 0.0563. The van der Waals surface area contributed by atoms with Gasteiger partial charge >= 0.3 is 0 Å². The van der Waals surface area contributed by atoms with Gasteiger partial charge in [-0.25, -0.2) is 0 Å². The number of nitrogens with zero attached hydrogens (tertiary/aromatic N) is 1. The molecule has 5 aromatic carbocycles. The summed E-state index contributed by atoms with van der Waals surface area (Å²) in [5.74, 6) is 1.64. The third-order valence-electron chi connectivity index (χ3n) is 9.30. The van der Waals surface area contributed by atoms with Crippen molar-refractivity contribution in [1.82, 2.24) is 0 Å². The molecule has 45 heavy (non-hydrogen) atoms. The van der Waals surface area contributed by atoms with Gasteiger partial charge in [0.2, 0.25) is 0 Å². The van der Waals surface area contributed by atoms with Crippen LogP contribution < -0.4 is 26.0 Å². The second-order valence-corrected chi connectivity index (χ2v) is 15.6. The summed E-state index contributed by atoms with van der Waals surface area (Å²) in [7, 11) is 0. The first kappa shape index (κ1) is 24.1. The van der Waals surface area contributed by atoms with E-state index in [2.05, 4.69) is 116 Å². The van der Waals surface area contributed by atoms with Crippen LogP contribution in [0.2, 0.25) is 0 Å². The number of benzene rings is 5. The van der Waals surface area contributed by atoms with Gasteiger partial charge < -0.3 is 9.64 Å². The minimum atomic E-state index is -0.402. The Labute approximate surface area is 277 Å². The Kier molecular flexibility index (Phi) is 5.42. The zero-order valence-electron chi connectivity index (χ0n) is 32.9. The molecule has 0 atom stereocenters. The summed E-state index contributed by atoms with van der Waals surface area (Å²) >= 11 is 0. The van der Waals surface area contributed by atoms with Crippen LogP contribution in [-0.2, 0) is 16.2 Å². The molecule has 0 fully saturated rings. The van der Waals surface area contributed by atoms with Crippen molar-refractivity contribution in [2.45, 2.75) is 78.6 Å². The summed E-state index contributed by atoms with van der Waals surface area (Å²) in [6.45, 7) is 19.6. The summed E-state index contributed by atoms with van der Waals surface area (Å²) < 4.78 is 50.2. The highest BCUT2D eigenvalue weighted by Gasteiger charge is 2.43. The number of anilines is 3. The molecule has 5 aromatic rings. The maximum Gasteiger partial charge on any atom is 0.256 e. The van der Waals surface area contributed by atoms with Crippen molar-refractivity contribution >= 4 is 40.2 Å². The van der Waals surface area contributed by atoms with E-state index >= 15 is 0 Å². The first-order valence-electron chi connectivity index (χ1n) is 18.4. The van der Waals surface area contributed by atoms with E-state index in [1.54, 1.807) is 0 Å². The van der Waals surface area contributed by atoms with Gasteiger partial charge in [-0.15, -0.1) is 0 Å². The molecule has 0 spiro atoms. The molecule has 0 saturated carbocycles. The zero-order valence-corrected chi connectivity index (χ0v) is 27.9. The van der Waals surface area contributed by atoms with E-state index in [1.807, 2.05) is 24.3 Å². The Morgan fingerprint density at radius 1 is 0.578 bits per heavy atom. The van der Waals surface area contributed by atoms with Gasteiger partial charge in [0.05, 0.1) is 12.5 Å². The summed E-state index contributed by atoms with van der Waals surface area (Å²) in [6, 6.07) is 24.1. The second-order valence-electron chi connectivity index (χ2n) is 15.6. The van der Waals surface area contributed by atoms with Crippen molar-refractivity contribution in [3.63, 3.8) is 0 Å². The van der Waals surface area contributed by atoms with Crippen LogP contribution in [-0.4, -0.2) is 6.71 Å². The predicted molar refractivity (Wildman–Crippen MR) is 194 cm³/mol. The topological polar surface area (TPSA) is 12.5 Å². The average molecular weight is 595 g/mol. The van der Waals surface area contributed by atoms with Crippen LogP contribution in [0.5, 0.6) is 11.5 Å². The normalized spacial score (nSPS) is 15.5. The van der Waals surface area contributed by atoms with E-state index < -0.39 is 6.04 Å². The molecule has 0 aliphatic carbocycles. The molecule has 2 aliphatic rings. The highest BCUT2D eigenvalue weighted by atomic mass is 16.5. The Hall–Kier alpha value is -4.24. The van der Waals surface area contributed by atoms with Crippen molar-refractivity contribution < 1.29 is 11.6 Å². The third-order valence-corrected chi connectivity index (χ3v) is 9.30. The van der Waals surface area contributed by atoms with Crippen LogP contribution in [0.4, 0.5) is 17.1 Å². The van der Waals surface area contributed by atoms with E-state index in [4.69, 9.17) is 11.6 Å². The third kappa shape index (κ3) is 4.98. The number of hydrogen-bond acceptors (Lipinski definition) is 2. The number of ether oxygens (including phenoxy) is 1. The molecule has 0 saturated heterocycles. The van der Waals surface area contributed by atoms with E-state index in [-0.39, 0.29) is 52.7 Å². The molecule has 2 heterocycles.